The second kappa shape index (κ2) is 5.41. The fourth-order valence-corrected chi connectivity index (χ4v) is 1.44. The Morgan fingerprint density at radius 2 is 2.08 bits per heavy atom. The molecule has 0 fully saturated rings. The first-order valence-electron chi connectivity index (χ1n) is 4.20. The van der Waals surface area contributed by atoms with Gasteiger partial charge in [0.15, 0.2) is 0 Å². The average molecular weight is 275 g/mol. The molecular formula is C10H14IN. The first kappa shape index (κ1) is 9.84. The Labute approximate surface area is 87.7 Å². The second-order valence-corrected chi connectivity index (χ2v) is 3.86. The van der Waals surface area contributed by atoms with Gasteiger partial charge < -0.3 is 5.32 Å². The summed E-state index contributed by atoms with van der Waals surface area (Å²) in [5.74, 6) is 0. The van der Waals surface area contributed by atoms with Gasteiger partial charge in [-0.25, -0.2) is 0 Å². The Kier molecular flexibility index (Phi) is 4.43. The first-order chi connectivity index (χ1) is 5.84. The van der Waals surface area contributed by atoms with E-state index in [0.29, 0.717) is 0 Å². The van der Waals surface area contributed by atoms with Crippen LogP contribution >= 0.6 is 22.6 Å². The molecule has 0 heterocycles. The summed E-state index contributed by atoms with van der Waals surface area (Å²) in [5, 5.41) is 3.41. The van der Waals surface area contributed by atoms with Gasteiger partial charge in [0.25, 0.3) is 0 Å². The van der Waals surface area contributed by atoms with E-state index in [1.54, 1.807) is 0 Å². The van der Waals surface area contributed by atoms with Crippen molar-refractivity contribution < 1.29 is 0 Å². The van der Waals surface area contributed by atoms with E-state index < -0.39 is 0 Å². The van der Waals surface area contributed by atoms with E-state index in [-0.39, 0.29) is 0 Å². The van der Waals surface area contributed by atoms with E-state index in [4.69, 9.17) is 0 Å². The maximum atomic E-state index is 3.41. The largest absolute Gasteiger partial charge is 0.385 e. The molecule has 0 aliphatic rings. The van der Waals surface area contributed by atoms with Crippen LogP contribution in [-0.4, -0.2) is 11.0 Å². The molecule has 0 saturated carbocycles. The number of rotatable bonds is 4. The van der Waals surface area contributed by atoms with Crippen LogP contribution in [0, 0.1) is 6.92 Å². The van der Waals surface area contributed by atoms with Crippen molar-refractivity contribution in [2.75, 3.05) is 16.3 Å². The Morgan fingerprint density at radius 1 is 1.33 bits per heavy atom. The van der Waals surface area contributed by atoms with Gasteiger partial charge in [0, 0.05) is 16.7 Å². The van der Waals surface area contributed by atoms with Crippen LogP contribution in [0.4, 0.5) is 5.69 Å². The minimum atomic E-state index is 1.08. The van der Waals surface area contributed by atoms with Crippen LogP contribution < -0.4 is 5.32 Å². The van der Waals surface area contributed by atoms with Crippen LogP contribution in [0.15, 0.2) is 24.3 Å². The molecule has 1 N–H and O–H groups in total. The fourth-order valence-electron chi connectivity index (χ4n) is 1.06. The van der Waals surface area contributed by atoms with Crippen LogP contribution in [0.5, 0.6) is 0 Å². The minimum Gasteiger partial charge on any atom is -0.385 e. The molecule has 0 bridgehead atoms. The number of aryl methyl sites for hydroxylation is 1. The minimum absolute atomic E-state index is 1.08. The zero-order valence-electron chi connectivity index (χ0n) is 7.31. The summed E-state index contributed by atoms with van der Waals surface area (Å²) in [6.45, 7) is 3.21. The maximum absolute atomic E-state index is 3.41. The highest BCUT2D eigenvalue weighted by molar-refractivity contribution is 14.1. The maximum Gasteiger partial charge on any atom is 0.0369 e. The van der Waals surface area contributed by atoms with Gasteiger partial charge in [0.05, 0.1) is 0 Å². The third-order valence-electron chi connectivity index (χ3n) is 1.77. The van der Waals surface area contributed by atoms with Crippen molar-refractivity contribution in [2.24, 2.45) is 0 Å². The van der Waals surface area contributed by atoms with Crippen LogP contribution in [0.25, 0.3) is 0 Å². The molecule has 12 heavy (non-hydrogen) atoms. The zero-order chi connectivity index (χ0) is 8.81. The zero-order valence-corrected chi connectivity index (χ0v) is 9.47. The lowest BCUT2D eigenvalue weighted by Crippen LogP contribution is -2.02. The van der Waals surface area contributed by atoms with Crippen molar-refractivity contribution in [1.29, 1.82) is 0 Å². The molecule has 66 valence electrons. The van der Waals surface area contributed by atoms with Gasteiger partial charge >= 0.3 is 0 Å². The standard InChI is InChI=1S/C10H14IN/c1-9-5-2-3-6-10(9)12-8-4-7-11/h2-3,5-6,12H,4,7-8H2,1H3. The van der Waals surface area contributed by atoms with Gasteiger partial charge in [-0.1, -0.05) is 40.8 Å². The summed E-state index contributed by atoms with van der Waals surface area (Å²) < 4.78 is 1.22. The number of alkyl halides is 1. The van der Waals surface area contributed by atoms with Crippen LogP contribution in [0.3, 0.4) is 0 Å². The van der Waals surface area contributed by atoms with Crippen molar-refractivity contribution in [1.82, 2.24) is 0 Å². The Balaban J connectivity index is 2.46. The summed E-state index contributed by atoms with van der Waals surface area (Å²) >= 11 is 2.40. The summed E-state index contributed by atoms with van der Waals surface area (Å²) in [7, 11) is 0. The molecular weight excluding hydrogens is 261 g/mol. The number of para-hydroxylation sites is 1. The molecule has 0 spiro atoms. The predicted molar refractivity (Wildman–Crippen MR) is 63.2 cm³/mol. The first-order valence-corrected chi connectivity index (χ1v) is 5.72. The normalized spacial score (nSPS) is 9.83. The molecule has 0 aromatic heterocycles. The lowest BCUT2D eigenvalue weighted by molar-refractivity contribution is 1.00. The molecule has 0 radical (unpaired) electrons. The molecule has 0 aliphatic heterocycles. The van der Waals surface area contributed by atoms with Crippen molar-refractivity contribution in [3.63, 3.8) is 0 Å². The molecule has 1 rings (SSSR count). The molecule has 0 unspecified atom stereocenters. The van der Waals surface area contributed by atoms with E-state index in [9.17, 15) is 0 Å². The van der Waals surface area contributed by atoms with Crippen molar-refractivity contribution in [3.05, 3.63) is 29.8 Å². The van der Waals surface area contributed by atoms with Crippen LogP contribution in [-0.2, 0) is 0 Å². The SMILES string of the molecule is Cc1ccccc1NCCCI. The molecule has 0 atom stereocenters. The third kappa shape index (κ3) is 3.01. The van der Waals surface area contributed by atoms with Gasteiger partial charge in [0.1, 0.15) is 0 Å². The third-order valence-corrected chi connectivity index (χ3v) is 2.53. The lowest BCUT2D eigenvalue weighted by Gasteiger charge is -2.07. The summed E-state index contributed by atoms with van der Waals surface area (Å²) in [6, 6.07) is 8.40. The lowest BCUT2D eigenvalue weighted by atomic mass is 10.2. The molecule has 1 aromatic rings. The van der Waals surface area contributed by atoms with E-state index in [1.807, 2.05) is 0 Å². The summed E-state index contributed by atoms with van der Waals surface area (Å²) in [6.07, 6.45) is 1.23. The summed E-state index contributed by atoms with van der Waals surface area (Å²) in [4.78, 5) is 0. The molecule has 1 nitrogen and oxygen atoms in total. The van der Waals surface area contributed by atoms with Crippen molar-refractivity contribution in [3.8, 4) is 0 Å². The van der Waals surface area contributed by atoms with Gasteiger partial charge in [-0.3, -0.25) is 0 Å². The Hall–Kier alpha value is -0.250. The Bertz CT molecular complexity index is 235. The van der Waals surface area contributed by atoms with E-state index >= 15 is 0 Å². The smallest absolute Gasteiger partial charge is 0.0369 e. The van der Waals surface area contributed by atoms with E-state index in [0.717, 1.165) is 6.54 Å². The highest BCUT2D eigenvalue weighted by Crippen LogP contribution is 2.12. The average Bonchev–Trinajstić information content (AvgIpc) is 2.09. The Morgan fingerprint density at radius 3 is 2.75 bits per heavy atom. The highest BCUT2D eigenvalue weighted by Gasteiger charge is 1.93. The number of anilines is 1. The topological polar surface area (TPSA) is 12.0 Å². The van der Waals surface area contributed by atoms with Gasteiger partial charge in [-0.05, 0) is 25.0 Å². The molecule has 2 heteroatoms. The van der Waals surface area contributed by atoms with Gasteiger partial charge in [-0.2, -0.15) is 0 Å². The van der Waals surface area contributed by atoms with Crippen LogP contribution in [0.2, 0.25) is 0 Å². The second-order valence-electron chi connectivity index (χ2n) is 2.78. The predicted octanol–water partition coefficient (Wildman–Crippen LogP) is 3.23. The fraction of sp³-hybridized carbons (Fsp3) is 0.400. The molecule has 0 aliphatic carbocycles. The van der Waals surface area contributed by atoms with Crippen LogP contribution in [0.1, 0.15) is 12.0 Å². The monoisotopic (exact) mass is 275 g/mol. The highest BCUT2D eigenvalue weighted by atomic mass is 127. The van der Waals surface area contributed by atoms with E-state index in [1.165, 1.54) is 22.1 Å². The van der Waals surface area contributed by atoms with E-state index in [2.05, 4.69) is 59.1 Å². The molecule has 0 amide bonds. The van der Waals surface area contributed by atoms with Gasteiger partial charge in [-0.15, -0.1) is 0 Å². The van der Waals surface area contributed by atoms with Crippen molar-refractivity contribution in [2.45, 2.75) is 13.3 Å². The summed E-state index contributed by atoms with van der Waals surface area (Å²) in [5.41, 5.74) is 2.59. The number of benzene rings is 1. The molecule has 0 saturated heterocycles. The number of halogens is 1. The number of hydrogen-bond acceptors (Lipinski definition) is 1. The number of hydrogen-bond donors (Lipinski definition) is 1. The van der Waals surface area contributed by atoms with Gasteiger partial charge in [0.2, 0.25) is 0 Å². The van der Waals surface area contributed by atoms with Crippen molar-refractivity contribution >= 4 is 28.3 Å². The number of nitrogens with one attached hydrogen (secondary N) is 1. The molecule has 1 aromatic carbocycles. The quantitative estimate of drug-likeness (QED) is 0.505.